The van der Waals surface area contributed by atoms with Crippen LogP contribution >= 0.6 is 23.5 Å². The Morgan fingerprint density at radius 1 is 0.710 bits per heavy atom. The fourth-order valence-electron chi connectivity index (χ4n) is 3.56. The summed E-state index contributed by atoms with van der Waals surface area (Å²) in [6, 6.07) is 0. The number of hydrogen-bond donors (Lipinski definition) is 0. The summed E-state index contributed by atoms with van der Waals surface area (Å²) < 4.78 is 3.25. The molecule has 0 amide bonds. The molecule has 0 radical (unpaired) electrons. The van der Waals surface area contributed by atoms with Crippen molar-refractivity contribution in [3.05, 3.63) is 0 Å². The fourth-order valence-corrected chi connectivity index (χ4v) is 9.80. The number of carboxylic acid groups (broad SMARTS) is 2. The van der Waals surface area contributed by atoms with E-state index < -0.39 is 11.9 Å². The van der Waals surface area contributed by atoms with Crippen molar-refractivity contribution < 1.29 is 19.8 Å². The predicted molar refractivity (Wildman–Crippen MR) is 134 cm³/mol. The SMILES string of the molecule is CCC[CH2][Sn+2][CH2]CCC.O=C([O-])CSC1CCCCC1.O=C([O-])CSC1CCCCC1. The first-order chi connectivity index (χ1) is 15.0. The van der Waals surface area contributed by atoms with Gasteiger partial charge in [-0.2, -0.15) is 23.5 Å². The van der Waals surface area contributed by atoms with Crippen molar-refractivity contribution >= 4 is 56.6 Å². The van der Waals surface area contributed by atoms with Crippen molar-refractivity contribution in [2.45, 2.75) is 123 Å². The molecule has 2 rings (SSSR count). The smallest absolute Gasteiger partial charge is 0.0513 e. The molecular formula is C24H44O4S2Sn. The van der Waals surface area contributed by atoms with Crippen molar-refractivity contribution in [2.75, 3.05) is 11.5 Å². The first-order valence-corrected chi connectivity index (χ1v) is 18.5. The number of thioether (sulfide) groups is 2. The summed E-state index contributed by atoms with van der Waals surface area (Å²) in [5, 5.41) is 21.4. The maximum absolute atomic E-state index is 10.1. The molecule has 0 atom stereocenters. The van der Waals surface area contributed by atoms with E-state index in [1.807, 2.05) is 0 Å². The Balaban J connectivity index is 0.000000439. The van der Waals surface area contributed by atoms with E-state index in [0.29, 0.717) is 10.5 Å². The van der Waals surface area contributed by atoms with E-state index >= 15 is 0 Å². The Morgan fingerprint density at radius 2 is 1.06 bits per heavy atom. The zero-order valence-corrected chi connectivity index (χ0v) is 24.3. The molecule has 0 aromatic heterocycles. The third kappa shape index (κ3) is 23.4. The molecule has 31 heavy (non-hydrogen) atoms. The van der Waals surface area contributed by atoms with Crippen LogP contribution in [0.3, 0.4) is 0 Å². The second-order valence-electron chi connectivity index (χ2n) is 8.34. The van der Waals surface area contributed by atoms with Gasteiger partial charge >= 0.3 is 69.5 Å². The molecule has 0 spiro atoms. The number of rotatable bonds is 12. The van der Waals surface area contributed by atoms with Gasteiger partial charge in [0.2, 0.25) is 0 Å². The Hall–Kier alpha value is 0.439. The van der Waals surface area contributed by atoms with Crippen molar-refractivity contribution in [3.63, 3.8) is 0 Å². The minimum Gasteiger partial charge on any atom is -0.549 e. The molecule has 0 aromatic rings. The monoisotopic (exact) mass is 580 g/mol. The van der Waals surface area contributed by atoms with Gasteiger partial charge in [-0.15, -0.1) is 0 Å². The van der Waals surface area contributed by atoms with Crippen LogP contribution in [-0.2, 0) is 9.59 Å². The van der Waals surface area contributed by atoms with E-state index in [0.717, 1.165) is 0 Å². The van der Waals surface area contributed by atoms with Gasteiger partial charge in [0.05, 0.1) is 11.9 Å². The number of hydrogen-bond acceptors (Lipinski definition) is 6. The summed E-state index contributed by atoms with van der Waals surface area (Å²) in [4.78, 5) is 20.2. The summed E-state index contributed by atoms with van der Waals surface area (Å²) in [7, 11) is 0. The van der Waals surface area contributed by atoms with Crippen molar-refractivity contribution in [1.82, 2.24) is 0 Å². The third-order valence-electron chi connectivity index (χ3n) is 5.39. The molecule has 180 valence electrons. The molecule has 2 aliphatic rings. The zero-order valence-electron chi connectivity index (χ0n) is 19.8. The molecule has 0 aliphatic heterocycles. The average Bonchev–Trinajstić information content (AvgIpc) is 2.78. The maximum Gasteiger partial charge on any atom is 0.0513 e. The minimum atomic E-state index is -0.930. The van der Waals surface area contributed by atoms with Gasteiger partial charge in [-0.1, -0.05) is 38.5 Å². The molecule has 4 nitrogen and oxygen atoms in total. The van der Waals surface area contributed by atoms with E-state index in [1.54, 1.807) is 32.4 Å². The number of carboxylic acids is 2. The van der Waals surface area contributed by atoms with Crippen molar-refractivity contribution in [3.8, 4) is 0 Å². The van der Waals surface area contributed by atoms with Crippen LogP contribution in [0.2, 0.25) is 8.87 Å². The fraction of sp³-hybridized carbons (Fsp3) is 0.917. The maximum atomic E-state index is 10.1. The standard InChI is InChI=1S/2C8H14O2S.2C4H9.Sn/c2*9-8(10)6-11-7-4-2-1-3-5-7;2*1-3-4-2;/h2*7H,1-6H2,(H,9,10);2*1,3-4H2,2H3;/q;;;;+2/p-2. The van der Waals surface area contributed by atoms with Crippen LogP contribution in [0.15, 0.2) is 0 Å². The van der Waals surface area contributed by atoms with Crippen LogP contribution in [0.1, 0.15) is 104 Å². The van der Waals surface area contributed by atoms with Gasteiger partial charge in [-0.3, -0.25) is 0 Å². The topological polar surface area (TPSA) is 80.3 Å². The summed E-state index contributed by atoms with van der Waals surface area (Å²) >= 11 is 3.24. The molecule has 0 unspecified atom stereocenters. The summed E-state index contributed by atoms with van der Waals surface area (Å²) in [6.45, 7) is 4.58. The predicted octanol–water partition coefficient (Wildman–Crippen LogP) is 4.73. The second kappa shape index (κ2) is 23.6. The summed E-state index contributed by atoms with van der Waals surface area (Å²) in [5.41, 5.74) is 0. The molecular weight excluding hydrogens is 535 g/mol. The van der Waals surface area contributed by atoms with Gasteiger partial charge in [0, 0.05) is 22.0 Å². The third-order valence-corrected chi connectivity index (χ3v) is 12.1. The van der Waals surface area contributed by atoms with Crippen molar-refractivity contribution in [2.24, 2.45) is 0 Å². The quantitative estimate of drug-likeness (QED) is 0.246. The van der Waals surface area contributed by atoms with Crippen LogP contribution in [0.5, 0.6) is 0 Å². The van der Waals surface area contributed by atoms with E-state index in [2.05, 4.69) is 13.8 Å². The first-order valence-electron chi connectivity index (χ1n) is 12.3. The van der Waals surface area contributed by atoms with Crippen LogP contribution in [0.4, 0.5) is 0 Å². The molecule has 2 aliphatic carbocycles. The Kier molecular flexibility index (Phi) is 23.9. The normalized spacial score (nSPS) is 16.8. The van der Waals surface area contributed by atoms with Gasteiger partial charge in [0.15, 0.2) is 0 Å². The van der Waals surface area contributed by atoms with E-state index in [4.69, 9.17) is 0 Å². The molecule has 2 saturated carbocycles. The molecule has 0 aromatic carbocycles. The van der Waals surface area contributed by atoms with Crippen LogP contribution in [0.25, 0.3) is 0 Å². The average molecular weight is 579 g/mol. The number of unbranched alkanes of at least 4 members (excludes halogenated alkanes) is 2. The molecule has 2 fully saturated rings. The first kappa shape index (κ1) is 31.4. The van der Waals surface area contributed by atoms with Crippen LogP contribution in [0, 0.1) is 0 Å². The van der Waals surface area contributed by atoms with Crippen molar-refractivity contribution in [1.29, 1.82) is 0 Å². The molecule has 0 heterocycles. The second-order valence-corrected chi connectivity index (χ2v) is 15.2. The summed E-state index contributed by atoms with van der Waals surface area (Å²) in [6.07, 6.45) is 18.3. The van der Waals surface area contributed by atoms with Gasteiger partial charge < -0.3 is 19.8 Å². The number of carbonyl (C=O) groups excluding carboxylic acids is 2. The van der Waals surface area contributed by atoms with Crippen LogP contribution < -0.4 is 10.2 Å². The Labute approximate surface area is 210 Å². The van der Waals surface area contributed by atoms with E-state index in [9.17, 15) is 19.8 Å². The molecule has 7 heteroatoms. The minimum absolute atomic E-state index is 0.149. The Bertz CT molecular complexity index is 388. The van der Waals surface area contributed by atoms with E-state index in [1.165, 1.54) is 89.9 Å². The van der Waals surface area contributed by atoms with Crippen LogP contribution in [-0.4, -0.2) is 55.1 Å². The largest absolute Gasteiger partial charge is 0.549 e. The molecule has 0 bridgehead atoms. The molecule has 0 N–H and O–H groups in total. The number of carbonyl (C=O) groups is 2. The van der Waals surface area contributed by atoms with Gasteiger partial charge in [0.1, 0.15) is 0 Å². The zero-order chi connectivity index (χ0) is 23.2. The van der Waals surface area contributed by atoms with Gasteiger partial charge in [-0.05, 0) is 25.7 Å². The number of aliphatic carboxylic acids is 2. The van der Waals surface area contributed by atoms with Gasteiger partial charge in [0.25, 0.3) is 0 Å². The van der Waals surface area contributed by atoms with E-state index in [-0.39, 0.29) is 32.6 Å². The summed E-state index contributed by atoms with van der Waals surface area (Å²) in [5.74, 6) is -1.52. The molecule has 0 saturated heterocycles. The Morgan fingerprint density at radius 3 is 1.35 bits per heavy atom. The van der Waals surface area contributed by atoms with Gasteiger partial charge in [-0.25, -0.2) is 0 Å².